The third kappa shape index (κ3) is 6.74. The number of anilines is 1. The highest BCUT2D eigenvalue weighted by molar-refractivity contribution is 5.89. The van der Waals surface area contributed by atoms with Gasteiger partial charge in [-0.3, -0.25) is 4.90 Å². The van der Waals surface area contributed by atoms with Crippen LogP contribution in [-0.2, 0) is 9.59 Å². The number of benzene rings is 2. The zero-order chi connectivity index (χ0) is 20.4. The normalized spacial score (nSPS) is 14.3. The Morgan fingerprint density at radius 3 is 2.14 bits per heavy atom. The molecule has 0 radical (unpaired) electrons. The molecule has 0 amide bonds. The quantitative estimate of drug-likeness (QED) is 0.767. The van der Waals surface area contributed by atoms with Crippen LogP contribution in [0.1, 0.15) is 6.42 Å². The zero-order valence-electron chi connectivity index (χ0n) is 15.5. The molecule has 0 bridgehead atoms. The van der Waals surface area contributed by atoms with Gasteiger partial charge in [0.2, 0.25) is 0 Å². The second-order valence-electron chi connectivity index (χ2n) is 6.28. The second kappa shape index (κ2) is 10.7. The molecule has 0 saturated carbocycles. The van der Waals surface area contributed by atoms with Crippen LogP contribution in [-0.4, -0.2) is 59.8 Å². The average Bonchev–Trinajstić information content (AvgIpc) is 2.71. The van der Waals surface area contributed by atoms with E-state index in [0.717, 1.165) is 32.7 Å². The van der Waals surface area contributed by atoms with Crippen molar-refractivity contribution in [2.45, 2.75) is 6.42 Å². The first-order chi connectivity index (χ1) is 13.5. The number of hydrogen-bond acceptors (Lipinski definition) is 5. The molecule has 1 aliphatic heterocycles. The topological polar surface area (TPSA) is 105 Å². The summed E-state index contributed by atoms with van der Waals surface area (Å²) in [5, 5.41) is 26.9. The molecule has 1 fully saturated rings. The van der Waals surface area contributed by atoms with Gasteiger partial charge in [0.25, 0.3) is 0 Å². The first-order valence-electron chi connectivity index (χ1n) is 8.96. The van der Waals surface area contributed by atoms with E-state index < -0.39 is 11.9 Å². The van der Waals surface area contributed by atoms with Crippen molar-refractivity contribution in [2.75, 3.05) is 37.6 Å². The molecule has 0 atom stereocenters. The van der Waals surface area contributed by atoms with E-state index >= 15 is 0 Å². The Morgan fingerprint density at radius 1 is 0.964 bits per heavy atom. The van der Waals surface area contributed by atoms with Crippen LogP contribution in [0.25, 0.3) is 10.8 Å². The zero-order valence-corrected chi connectivity index (χ0v) is 15.5. The van der Waals surface area contributed by atoms with E-state index in [4.69, 9.17) is 15.5 Å². The summed E-state index contributed by atoms with van der Waals surface area (Å²) in [6, 6.07) is 17.4. The minimum atomic E-state index is -1.26. The van der Waals surface area contributed by atoms with E-state index in [2.05, 4.69) is 58.3 Å². The van der Waals surface area contributed by atoms with Crippen molar-refractivity contribution in [1.29, 1.82) is 5.26 Å². The fraction of sp³-hybridized carbons (Fsp3) is 0.286. The second-order valence-corrected chi connectivity index (χ2v) is 6.28. The largest absolute Gasteiger partial charge is 0.478 e. The van der Waals surface area contributed by atoms with E-state index in [1.54, 1.807) is 0 Å². The van der Waals surface area contributed by atoms with Crippen LogP contribution in [0.2, 0.25) is 0 Å². The maximum atomic E-state index is 9.55. The lowest BCUT2D eigenvalue weighted by Gasteiger charge is -2.35. The molecule has 2 N–H and O–H groups in total. The van der Waals surface area contributed by atoms with Crippen molar-refractivity contribution >= 4 is 28.4 Å². The summed E-state index contributed by atoms with van der Waals surface area (Å²) >= 11 is 0. The highest BCUT2D eigenvalue weighted by Crippen LogP contribution is 2.23. The third-order valence-electron chi connectivity index (χ3n) is 4.38. The van der Waals surface area contributed by atoms with Crippen LogP contribution >= 0.6 is 0 Å². The van der Waals surface area contributed by atoms with Gasteiger partial charge >= 0.3 is 11.9 Å². The molecule has 1 aliphatic rings. The van der Waals surface area contributed by atoms with Gasteiger partial charge in [-0.15, -0.1) is 0 Å². The summed E-state index contributed by atoms with van der Waals surface area (Å²) in [5.41, 5.74) is 1.31. The smallest absolute Gasteiger partial charge is 0.328 e. The van der Waals surface area contributed by atoms with Crippen LogP contribution in [0, 0.1) is 11.3 Å². The Kier molecular flexibility index (Phi) is 8.00. The van der Waals surface area contributed by atoms with Crippen LogP contribution < -0.4 is 4.90 Å². The summed E-state index contributed by atoms with van der Waals surface area (Å²) in [5.74, 6) is -2.51. The number of carboxylic acids is 2. The number of fused-ring (bicyclic) bond motifs is 1. The van der Waals surface area contributed by atoms with Gasteiger partial charge in [0, 0.05) is 57.0 Å². The number of piperazine rings is 1. The molecule has 0 spiro atoms. The minimum absolute atomic E-state index is 0.558. The summed E-state index contributed by atoms with van der Waals surface area (Å²) < 4.78 is 0. The third-order valence-corrected chi connectivity index (χ3v) is 4.38. The molecule has 0 aliphatic carbocycles. The fourth-order valence-corrected chi connectivity index (χ4v) is 2.95. The predicted octanol–water partition coefficient (Wildman–Crippen LogP) is 2.59. The van der Waals surface area contributed by atoms with Crippen molar-refractivity contribution in [3.8, 4) is 6.07 Å². The maximum Gasteiger partial charge on any atom is 0.328 e. The molecule has 7 nitrogen and oxygen atoms in total. The van der Waals surface area contributed by atoms with Gasteiger partial charge in [0.1, 0.15) is 0 Å². The summed E-state index contributed by atoms with van der Waals surface area (Å²) in [4.78, 5) is 23.9. The number of rotatable bonds is 5. The van der Waals surface area contributed by atoms with Gasteiger partial charge in [0.05, 0.1) is 6.07 Å². The predicted molar refractivity (Wildman–Crippen MR) is 107 cm³/mol. The van der Waals surface area contributed by atoms with Crippen molar-refractivity contribution in [2.24, 2.45) is 0 Å². The summed E-state index contributed by atoms with van der Waals surface area (Å²) in [6.45, 7) is 5.10. The van der Waals surface area contributed by atoms with Crippen LogP contribution in [0.3, 0.4) is 0 Å². The van der Waals surface area contributed by atoms with E-state index in [9.17, 15) is 9.59 Å². The van der Waals surface area contributed by atoms with Crippen LogP contribution in [0.5, 0.6) is 0 Å². The van der Waals surface area contributed by atoms with Crippen molar-refractivity contribution in [3.63, 3.8) is 0 Å². The van der Waals surface area contributed by atoms with E-state index in [0.29, 0.717) is 18.6 Å². The minimum Gasteiger partial charge on any atom is -0.478 e. The molecule has 1 heterocycles. The Labute approximate surface area is 163 Å². The molecule has 3 rings (SSSR count). The van der Waals surface area contributed by atoms with Gasteiger partial charge in [-0.2, -0.15) is 5.26 Å². The Morgan fingerprint density at radius 2 is 1.57 bits per heavy atom. The van der Waals surface area contributed by atoms with Crippen molar-refractivity contribution < 1.29 is 19.8 Å². The highest BCUT2D eigenvalue weighted by Gasteiger charge is 2.16. The lowest BCUT2D eigenvalue weighted by Crippen LogP contribution is -2.46. The molecule has 146 valence electrons. The lowest BCUT2D eigenvalue weighted by atomic mass is 10.1. The molecule has 2 aromatic carbocycles. The number of carboxylic acid groups (broad SMARTS) is 2. The Bertz CT molecular complexity index is 865. The SMILES string of the molecule is N#CCCN1CCN(c2ccc3ccccc3c2)CC1.O=C(O)/C=C/C(=O)O. The summed E-state index contributed by atoms with van der Waals surface area (Å²) in [7, 11) is 0. The molecular formula is C21H23N3O4. The number of nitrogens with zero attached hydrogens (tertiary/aromatic N) is 3. The van der Waals surface area contributed by atoms with Gasteiger partial charge in [0.15, 0.2) is 0 Å². The monoisotopic (exact) mass is 381 g/mol. The average molecular weight is 381 g/mol. The molecular weight excluding hydrogens is 358 g/mol. The molecule has 2 aromatic rings. The Balaban J connectivity index is 0.000000300. The molecule has 28 heavy (non-hydrogen) atoms. The standard InChI is InChI=1S/C17H19N3.C4H4O4/c18-8-3-9-19-10-12-20(13-11-19)17-7-6-15-4-1-2-5-16(15)14-17;5-3(6)1-2-4(7)8/h1-2,4-7,14H,3,9-13H2;1-2H,(H,5,6)(H,7,8)/b;2-1+. The van der Waals surface area contributed by atoms with E-state index in [-0.39, 0.29) is 0 Å². The first kappa shape index (κ1) is 20.9. The van der Waals surface area contributed by atoms with Crippen molar-refractivity contribution in [1.82, 2.24) is 4.90 Å². The number of carbonyl (C=O) groups is 2. The maximum absolute atomic E-state index is 9.55. The van der Waals surface area contributed by atoms with Gasteiger partial charge in [-0.25, -0.2) is 9.59 Å². The number of hydrogen-bond donors (Lipinski definition) is 2. The number of aliphatic carboxylic acids is 2. The fourth-order valence-electron chi connectivity index (χ4n) is 2.95. The molecule has 0 aromatic heterocycles. The van der Waals surface area contributed by atoms with E-state index in [1.165, 1.54) is 16.5 Å². The van der Waals surface area contributed by atoms with Gasteiger partial charge in [-0.1, -0.05) is 30.3 Å². The molecule has 0 unspecified atom stereocenters. The lowest BCUT2D eigenvalue weighted by molar-refractivity contribution is -0.134. The van der Waals surface area contributed by atoms with Crippen LogP contribution in [0.15, 0.2) is 54.6 Å². The molecule has 1 saturated heterocycles. The van der Waals surface area contributed by atoms with Crippen molar-refractivity contribution in [3.05, 3.63) is 54.6 Å². The molecule has 7 heteroatoms. The highest BCUT2D eigenvalue weighted by atomic mass is 16.4. The van der Waals surface area contributed by atoms with Gasteiger partial charge < -0.3 is 15.1 Å². The van der Waals surface area contributed by atoms with Gasteiger partial charge in [-0.05, 0) is 22.9 Å². The van der Waals surface area contributed by atoms with Crippen LogP contribution in [0.4, 0.5) is 5.69 Å². The number of nitriles is 1. The summed E-state index contributed by atoms with van der Waals surface area (Å²) in [6.07, 6.45) is 1.75. The van der Waals surface area contributed by atoms with E-state index in [1.807, 2.05) is 0 Å². The Hall–Kier alpha value is -3.37. The first-order valence-corrected chi connectivity index (χ1v) is 8.96.